The van der Waals surface area contributed by atoms with Gasteiger partial charge in [0.2, 0.25) is 0 Å². The van der Waals surface area contributed by atoms with Gasteiger partial charge in [0, 0.05) is 11.1 Å². The highest BCUT2D eigenvalue weighted by Crippen LogP contribution is 2.43. The molecule has 0 spiro atoms. The summed E-state index contributed by atoms with van der Waals surface area (Å²) in [6.07, 6.45) is -0.283. The van der Waals surface area contributed by atoms with Crippen molar-refractivity contribution in [2.45, 2.75) is 38.3 Å². The lowest BCUT2D eigenvalue weighted by atomic mass is 9.87. The van der Waals surface area contributed by atoms with Gasteiger partial charge in [0.1, 0.15) is 0 Å². The number of hydrogen-bond donors (Lipinski definition) is 1. The minimum absolute atomic E-state index is 0.252. The van der Waals surface area contributed by atoms with Gasteiger partial charge in [-0.2, -0.15) is 0 Å². The summed E-state index contributed by atoms with van der Waals surface area (Å²) in [5.41, 5.74) is 1.87. The van der Waals surface area contributed by atoms with Crippen LogP contribution in [0.15, 0.2) is 78.9 Å². The number of hydrogen-bond acceptors (Lipinski definition) is 3. The highest BCUT2D eigenvalue weighted by atomic mass is 16.3. The molecule has 1 N–H and O–H groups in total. The van der Waals surface area contributed by atoms with Crippen LogP contribution in [0, 0.1) is 0 Å². The van der Waals surface area contributed by atoms with Gasteiger partial charge in [-0.05, 0) is 23.1 Å². The Bertz CT molecular complexity index is 1070. The minimum atomic E-state index is -1.86. The van der Waals surface area contributed by atoms with E-state index in [1.165, 1.54) is 0 Å². The molecular weight excluding hydrogens is 374 g/mol. The van der Waals surface area contributed by atoms with Gasteiger partial charge >= 0.3 is 0 Å². The fourth-order valence-electron chi connectivity index (χ4n) is 3.99. The van der Waals surface area contributed by atoms with Crippen LogP contribution in [0.3, 0.4) is 0 Å². The van der Waals surface area contributed by atoms with E-state index < -0.39 is 11.5 Å². The smallest absolute Gasteiger partial charge is 0.264 e. The van der Waals surface area contributed by atoms with Crippen molar-refractivity contribution >= 4 is 17.4 Å². The third kappa shape index (κ3) is 3.55. The maximum absolute atomic E-state index is 13.3. The van der Waals surface area contributed by atoms with Crippen molar-refractivity contribution in [1.82, 2.24) is 0 Å². The van der Waals surface area contributed by atoms with Crippen LogP contribution in [0.4, 0.5) is 5.69 Å². The summed E-state index contributed by atoms with van der Waals surface area (Å²) in [6, 6.07) is 24.2. The first-order valence-electron chi connectivity index (χ1n) is 10.2. The Morgan fingerprint density at radius 3 is 2.23 bits per heavy atom. The van der Waals surface area contributed by atoms with Gasteiger partial charge in [0.15, 0.2) is 11.4 Å². The fourth-order valence-corrected chi connectivity index (χ4v) is 3.99. The maximum Gasteiger partial charge on any atom is 0.264 e. The number of anilines is 1. The molecule has 1 amide bonds. The Morgan fingerprint density at radius 1 is 0.933 bits per heavy atom. The lowest BCUT2D eigenvalue weighted by molar-refractivity contribution is -0.136. The van der Waals surface area contributed by atoms with E-state index in [0.29, 0.717) is 29.3 Å². The van der Waals surface area contributed by atoms with E-state index in [2.05, 4.69) is 13.8 Å². The highest BCUT2D eigenvalue weighted by molar-refractivity contribution is 6.10. The summed E-state index contributed by atoms with van der Waals surface area (Å²) >= 11 is 0. The number of fused-ring (bicyclic) bond motifs is 1. The number of rotatable bonds is 6. The minimum Gasteiger partial charge on any atom is -0.375 e. The second kappa shape index (κ2) is 7.88. The predicted octanol–water partition coefficient (Wildman–Crippen LogP) is 4.82. The second-order valence-electron chi connectivity index (χ2n) is 8.13. The fraction of sp³-hybridized carbons (Fsp3) is 0.231. The van der Waals surface area contributed by atoms with Gasteiger partial charge in [-0.15, -0.1) is 0 Å². The van der Waals surface area contributed by atoms with Gasteiger partial charge in [0.05, 0.1) is 18.7 Å². The average molecular weight is 399 g/mol. The Labute approximate surface area is 176 Å². The summed E-state index contributed by atoms with van der Waals surface area (Å²) in [7, 11) is 0. The summed E-state index contributed by atoms with van der Waals surface area (Å²) in [4.78, 5) is 27.9. The number of ketones is 1. The molecule has 0 aromatic heterocycles. The lowest BCUT2D eigenvalue weighted by Crippen LogP contribution is -2.41. The second-order valence-corrected chi connectivity index (χ2v) is 8.13. The first kappa shape index (κ1) is 20.0. The lowest BCUT2D eigenvalue weighted by Gasteiger charge is -2.23. The van der Waals surface area contributed by atoms with Crippen molar-refractivity contribution in [3.63, 3.8) is 0 Å². The standard InChI is InChI=1S/C26H25NO3/c1-18(2)20-12-14-21(15-13-20)24(28)16-26(30)22-10-6-7-11-23(22)27(25(26)29)17-19-8-4-3-5-9-19/h3-15,18,30H,16-17H2,1-2H3/t26-/m1/s1. The predicted molar refractivity (Wildman–Crippen MR) is 117 cm³/mol. The molecule has 3 aromatic carbocycles. The zero-order valence-corrected chi connectivity index (χ0v) is 17.2. The monoisotopic (exact) mass is 399 g/mol. The van der Waals surface area contributed by atoms with Gasteiger partial charge in [-0.1, -0.05) is 86.6 Å². The Hall–Kier alpha value is -3.24. The number of nitrogens with zero attached hydrogens (tertiary/aromatic N) is 1. The molecule has 0 bridgehead atoms. The number of carbonyl (C=O) groups is 2. The molecule has 4 heteroatoms. The van der Waals surface area contributed by atoms with Crippen molar-refractivity contribution in [1.29, 1.82) is 0 Å². The first-order chi connectivity index (χ1) is 14.4. The number of Topliss-reactive ketones (excluding diaryl/α,β-unsaturated/α-hetero) is 1. The van der Waals surface area contributed by atoms with Crippen molar-refractivity contribution in [2.75, 3.05) is 4.90 Å². The van der Waals surface area contributed by atoms with E-state index in [9.17, 15) is 14.7 Å². The van der Waals surface area contributed by atoms with Crippen LogP contribution in [0.2, 0.25) is 0 Å². The Balaban J connectivity index is 1.63. The SMILES string of the molecule is CC(C)c1ccc(C(=O)C[C@]2(O)C(=O)N(Cc3ccccc3)c3ccccc32)cc1. The molecule has 30 heavy (non-hydrogen) atoms. The van der Waals surface area contributed by atoms with Crippen LogP contribution in [0.1, 0.15) is 53.2 Å². The largest absolute Gasteiger partial charge is 0.375 e. The van der Waals surface area contributed by atoms with E-state index in [1.54, 1.807) is 29.2 Å². The normalized spacial score (nSPS) is 18.0. The molecule has 4 rings (SSSR count). The summed E-state index contributed by atoms with van der Waals surface area (Å²) in [5, 5.41) is 11.4. The molecule has 0 fully saturated rings. The number of aliphatic hydroxyl groups is 1. The number of benzene rings is 3. The zero-order valence-electron chi connectivity index (χ0n) is 17.2. The van der Waals surface area contributed by atoms with Crippen LogP contribution in [0.5, 0.6) is 0 Å². The van der Waals surface area contributed by atoms with Gasteiger partial charge in [0.25, 0.3) is 5.91 Å². The Kier molecular flexibility index (Phi) is 5.27. The molecule has 0 aliphatic carbocycles. The van der Waals surface area contributed by atoms with E-state index in [0.717, 1.165) is 11.1 Å². The van der Waals surface area contributed by atoms with Gasteiger partial charge < -0.3 is 10.0 Å². The van der Waals surface area contributed by atoms with Gasteiger partial charge in [-0.3, -0.25) is 9.59 Å². The molecule has 0 saturated heterocycles. The third-order valence-electron chi connectivity index (χ3n) is 5.74. The van der Waals surface area contributed by atoms with E-state index in [1.807, 2.05) is 54.6 Å². The topological polar surface area (TPSA) is 57.6 Å². The highest BCUT2D eigenvalue weighted by Gasteiger charge is 2.50. The summed E-state index contributed by atoms with van der Waals surface area (Å²) < 4.78 is 0. The maximum atomic E-state index is 13.3. The van der Waals surface area contributed by atoms with Crippen molar-refractivity contribution in [3.05, 3.63) is 101 Å². The zero-order chi connectivity index (χ0) is 21.3. The van der Waals surface area contributed by atoms with E-state index >= 15 is 0 Å². The summed E-state index contributed by atoms with van der Waals surface area (Å²) in [6.45, 7) is 4.53. The molecular formula is C26H25NO3. The third-order valence-corrected chi connectivity index (χ3v) is 5.74. The van der Waals surface area contributed by atoms with Crippen LogP contribution in [-0.2, 0) is 16.9 Å². The van der Waals surface area contributed by atoms with E-state index in [4.69, 9.17) is 0 Å². The number of amides is 1. The average Bonchev–Trinajstić information content (AvgIpc) is 2.96. The molecule has 3 aromatic rings. The summed E-state index contributed by atoms with van der Waals surface area (Å²) in [5.74, 6) is -0.342. The molecule has 0 unspecified atom stereocenters. The van der Waals surface area contributed by atoms with E-state index in [-0.39, 0.29) is 12.2 Å². The number of para-hydroxylation sites is 1. The molecule has 4 nitrogen and oxygen atoms in total. The molecule has 0 saturated carbocycles. The molecule has 152 valence electrons. The number of carbonyl (C=O) groups excluding carboxylic acids is 2. The van der Waals surface area contributed by atoms with Crippen LogP contribution in [-0.4, -0.2) is 16.8 Å². The first-order valence-corrected chi connectivity index (χ1v) is 10.2. The quantitative estimate of drug-likeness (QED) is 0.605. The molecule has 1 aliphatic heterocycles. The molecule has 0 radical (unpaired) electrons. The van der Waals surface area contributed by atoms with Crippen molar-refractivity contribution < 1.29 is 14.7 Å². The van der Waals surface area contributed by atoms with Crippen molar-refractivity contribution in [2.24, 2.45) is 0 Å². The van der Waals surface area contributed by atoms with Crippen LogP contribution >= 0.6 is 0 Å². The van der Waals surface area contributed by atoms with Crippen molar-refractivity contribution in [3.8, 4) is 0 Å². The Morgan fingerprint density at radius 2 is 1.57 bits per heavy atom. The van der Waals surface area contributed by atoms with Crippen LogP contribution < -0.4 is 4.90 Å². The van der Waals surface area contributed by atoms with Gasteiger partial charge in [-0.25, -0.2) is 0 Å². The molecule has 1 aliphatic rings. The molecule has 1 atom stereocenters. The van der Waals surface area contributed by atoms with Crippen LogP contribution in [0.25, 0.3) is 0 Å². The molecule has 1 heterocycles.